The van der Waals surface area contributed by atoms with Crippen LogP contribution in [-0.2, 0) is 11.8 Å². The number of rotatable bonds is 5. The van der Waals surface area contributed by atoms with Gasteiger partial charge in [0, 0.05) is 49.3 Å². The number of nitrogen functional groups attached to an aromatic ring is 1. The Morgan fingerprint density at radius 3 is 2.85 bits per heavy atom. The van der Waals surface area contributed by atoms with E-state index in [2.05, 4.69) is 32.5 Å². The topological polar surface area (TPSA) is 112 Å². The van der Waals surface area contributed by atoms with Gasteiger partial charge in [0.05, 0.1) is 11.1 Å². The van der Waals surface area contributed by atoms with Gasteiger partial charge in [0.2, 0.25) is 17.9 Å². The molecule has 0 bridgehead atoms. The number of aromatic nitrogens is 3. The first-order chi connectivity index (χ1) is 19.3. The maximum absolute atomic E-state index is 14.4. The molecule has 210 valence electrons. The average molecular weight is 564 g/mol. The van der Waals surface area contributed by atoms with Crippen LogP contribution in [0.25, 0.3) is 4.85 Å². The van der Waals surface area contributed by atoms with Crippen LogP contribution in [0.15, 0.2) is 0 Å². The van der Waals surface area contributed by atoms with Crippen LogP contribution in [0.4, 0.5) is 21.3 Å². The fourth-order valence-electron chi connectivity index (χ4n) is 7.86. The van der Waals surface area contributed by atoms with Crippen LogP contribution >= 0.6 is 11.3 Å². The van der Waals surface area contributed by atoms with Gasteiger partial charge in [-0.15, -0.1) is 11.3 Å². The van der Waals surface area contributed by atoms with Gasteiger partial charge >= 0.3 is 6.01 Å². The molecule has 12 heteroatoms. The Labute approximate surface area is 237 Å². The molecule has 2 N–H and O–H groups in total. The molecule has 0 unspecified atom stereocenters. The monoisotopic (exact) mass is 563 g/mol. The predicted molar refractivity (Wildman–Crippen MR) is 150 cm³/mol. The lowest BCUT2D eigenvalue weighted by Gasteiger charge is -2.48. The molecule has 4 fully saturated rings. The summed E-state index contributed by atoms with van der Waals surface area (Å²) in [5.74, 6) is 1.08. The van der Waals surface area contributed by atoms with Crippen LogP contribution in [-0.4, -0.2) is 83.0 Å². The zero-order valence-corrected chi connectivity index (χ0v) is 23.6. The molecule has 2 aromatic rings. The van der Waals surface area contributed by atoms with Gasteiger partial charge in [-0.25, -0.2) is 11.0 Å². The summed E-state index contributed by atoms with van der Waals surface area (Å²) >= 11 is 1.54. The second kappa shape index (κ2) is 9.42. The summed E-state index contributed by atoms with van der Waals surface area (Å²) in [7, 11) is 0. The summed E-state index contributed by atoms with van der Waals surface area (Å²) in [5.41, 5.74) is 7.51. The summed E-state index contributed by atoms with van der Waals surface area (Å²) in [6.45, 7) is 13.6. The fourth-order valence-corrected chi connectivity index (χ4v) is 9.00. The smallest absolute Gasteiger partial charge is 0.323 e. The van der Waals surface area contributed by atoms with E-state index in [-0.39, 0.29) is 29.0 Å². The molecule has 4 atom stereocenters. The minimum atomic E-state index is -0.828. The minimum absolute atomic E-state index is 0.0208. The number of piperidine rings is 1. The van der Waals surface area contributed by atoms with Gasteiger partial charge in [-0.2, -0.15) is 20.2 Å². The lowest BCUT2D eigenvalue weighted by molar-refractivity contribution is 0.107. The zero-order chi connectivity index (χ0) is 27.6. The van der Waals surface area contributed by atoms with Gasteiger partial charge in [-0.1, -0.05) is 0 Å². The molecule has 6 heterocycles. The van der Waals surface area contributed by atoms with Crippen molar-refractivity contribution in [2.75, 3.05) is 54.9 Å². The third kappa shape index (κ3) is 3.91. The number of alkyl halides is 1. The van der Waals surface area contributed by atoms with Gasteiger partial charge in [0.15, 0.2) is 0 Å². The molecule has 0 radical (unpaired) electrons. The van der Waals surface area contributed by atoms with E-state index in [0.29, 0.717) is 55.1 Å². The number of fused-ring (bicyclic) bond motifs is 3. The van der Waals surface area contributed by atoms with E-state index in [1.165, 1.54) is 4.88 Å². The Morgan fingerprint density at radius 1 is 1.23 bits per heavy atom. The highest BCUT2D eigenvalue weighted by Gasteiger charge is 2.53. The molecule has 4 saturated heterocycles. The number of aryl methyl sites for hydroxylation is 1. The van der Waals surface area contributed by atoms with Crippen molar-refractivity contribution in [2.45, 2.75) is 81.1 Å². The molecule has 4 aliphatic heterocycles. The SMILES string of the molecule is [C-]#[N+][C@@H]1CCCN(c2nc(OC[C@@]34CCCN3C[C@H](F)C4)nc(N3CC4(CCc5sc(N)c(C#N)c54)C3)n2)[C@@H]1C. The summed E-state index contributed by atoms with van der Waals surface area (Å²) in [4.78, 5) is 25.9. The number of ether oxygens (including phenoxy) is 1. The molecular weight excluding hydrogens is 529 g/mol. The van der Waals surface area contributed by atoms with Crippen LogP contribution in [0, 0.1) is 17.9 Å². The number of halogens is 1. The largest absolute Gasteiger partial charge is 0.461 e. The van der Waals surface area contributed by atoms with E-state index < -0.39 is 6.17 Å². The highest BCUT2D eigenvalue weighted by atomic mass is 32.1. The van der Waals surface area contributed by atoms with Crippen LogP contribution in [0.5, 0.6) is 6.01 Å². The molecule has 0 aromatic carbocycles. The van der Waals surface area contributed by atoms with Crippen LogP contribution in [0.1, 0.15) is 61.5 Å². The number of nitriles is 1. The quantitative estimate of drug-likeness (QED) is 0.548. The molecule has 5 aliphatic rings. The van der Waals surface area contributed by atoms with Crippen molar-refractivity contribution in [1.29, 1.82) is 5.26 Å². The van der Waals surface area contributed by atoms with Crippen molar-refractivity contribution in [3.63, 3.8) is 0 Å². The van der Waals surface area contributed by atoms with Crippen molar-refractivity contribution in [1.82, 2.24) is 19.9 Å². The highest BCUT2D eigenvalue weighted by Crippen LogP contribution is 2.52. The number of hydrogen-bond acceptors (Lipinski definition) is 10. The fraction of sp³-hybridized carbons (Fsp3) is 0.679. The number of hydrogen-bond donors (Lipinski definition) is 1. The van der Waals surface area contributed by atoms with E-state index in [0.717, 1.165) is 57.2 Å². The second-order valence-electron chi connectivity index (χ2n) is 12.2. The van der Waals surface area contributed by atoms with Gasteiger partial charge in [-0.3, -0.25) is 4.90 Å². The van der Waals surface area contributed by atoms with E-state index in [9.17, 15) is 9.65 Å². The highest BCUT2D eigenvalue weighted by molar-refractivity contribution is 7.16. The van der Waals surface area contributed by atoms with Crippen molar-refractivity contribution in [3.05, 3.63) is 27.4 Å². The van der Waals surface area contributed by atoms with Crippen molar-refractivity contribution >= 4 is 28.2 Å². The van der Waals surface area contributed by atoms with Crippen molar-refractivity contribution < 1.29 is 9.13 Å². The Balaban J connectivity index is 1.18. The first-order valence-electron chi connectivity index (χ1n) is 14.3. The molecule has 10 nitrogen and oxygen atoms in total. The summed E-state index contributed by atoms with van der Waals surface area (Å²) in [5, 5.41) is 10.4. The Bertz CT molecular complexity index is 1410. The Kier molecular flexibility index (Phi) is 6.06. The normalized spacial score (nSPS) is 30.6. The molecule has 1 aliphatic carbocycles. The lowest BCUT2D eigenvalue weighted by Crippen LogP contribution is -2.59. The number of nitrogens with two attached hydrogens (primary N) is 1. The number of anilines is 3. The van der Waals surface area contributed by atoms with Crippen LogP contribution < -0.4 is 20.3 Å². The second-order valence-corrected chi connectivity index (χ2v) is 13.4. The van der Waals surface area contributed by atoms with Crippen molar-refractivity contribution in [2.24, 2.45) is 0 Å². The molecule has 2 aromatic heterocycles. The third-order valence-electron chi connectivity index (χ3n) is 9.94. The van der Waals surface area contributed by atoms with E-state index in [1.807, 2.05) is 0 Å². The maximum atomic E-state index is 14.4. The average Bonchev–Trinajstić information content (AvgIpc) is 3.64. The maximum Gasteiger partial charge on any atom is 0.323 e. The van der Waals surface area contributed by atoms with Crippen molar-refractivity contribution in [3.8, 4) is 12.1 Å². The predicted octanol–water partition coefficient (Wildman–Crippen LogP) is 3.32. The molecular formula is C28H34FN9OS. The molecule has 7 rings (SSSR count). The van der Waals surface area contributed by atoms with E-state index in [4.69, 9.17) is 32.0 Å². The number of nitrogens with zero attached hydrogens (tertiary/aromatic N) is 8. The summed E-state index contributed by atoms with van der Waals surface area (Å²) in [6.07, 6.45) is 5.30. The third-order valence-corrected chi connectivity index (χ3v) is 11.0. The zero-order valence-electron chi connectivity index (χ0n) is 22.8. The molecule has 1 spiro atoms. The molecule has 0 amide bonds. The van der Waals surface area contributed by atoms with Crippen LogP contribution in [0.3, 0.4) is 0 Å². The van der Waals surface area contributed by atoms with Gasteiger partial charge < -0.3 is 25.1 Å². The van der Waals surface area contributed by atoms with E-state index in [1.54, 1.807) is 11.3 Å². The van der Waals surface area contributed by atoms with E-state index >= 15 is 0 Å². The van der Waals surface area contributed by atoms with Gasteiger partial charge in [0.1, 0.15) is 29.9 Å². The first-order valence-corrected chi connectivity index (χ1v) is 15.1. The Hall–Kier alpha value is -3.22. The molecule has 0 saturated carbocycles. The van der Waals surface area contributed by atoms with Gasteiger partial charge in [-0.05, 0) is 51.1 Å². The standard InChI is InChI=1S/C28H34FN9OS/c1-17-20(32-2)5-3-10-38(17)25-33-24(34-26(35-25)39-16-28-7-4-9-37(28)13-18(29)11-28)36-14-27(15-36)8-6-21-22(27)19(12-30)23(31)40-21/h17-18,20H,3-11,13-16,31H2,1H3/t17-,18-,20-,28+/m1/s1. The van der Waals surface area contributed by atoms with Gasteiger partial charge in [0.25, 0.3) is 0 Å². The summed E-state index contributed by atoms with van der Waals surface area (Å²) in [6, 6.07) is 2.46. The first kappa shape index (κ1) is 25.7. The Morgan fingerprint density at radius 2 is 2.05 bits per heavy atom. The lowest BCUT2D eigenvalue weighted by atomic mass is 9.74. The minimum Gasteiger partial charge on any atom is -0.461 e. The van der Waals surface area contributed by atoms with Crippen LogP contribution in [0.2, 0.25) is 0 Å². The molecule has 40 heavy (non-hydrogen) atoms. The summed E-state index contributed by atoms with van der Waals surface area (Å²) < 4.78 is 20.7. The number of thiophene rings is 1.